The van der Waals surface area contributed by atoms with E-state index in [1.807, 2.05) is 0 Å². The van der Waals surface area contributed by atoms with Gasteiger partial charge in [-0.05, 0) is 6.92 Å². The van der Waals surface area contributed by atoms with E-state index < -0.39 is 11.8 Å². The molecule has 0 rings (SSSR count). The van der Waals surface area contributed by atoms with Gasteiger partial charge in [-0.25, -0.2) is 0 Å². The van der Waals surface area contributed by atoms with Crippen molar-refractivity contribution in [3.8, 4) is 0 Å². The van der Waals surface area contributed by atoms with Crippen LogP contribution in [-0.4, -0.2) is 43.8 Å². The fourth-order valence-corrected chi connectivity index (χ4v) is 0.406. The molecule has 0 radical (unpaired) electrons. The van der Waals surface area contributed by atoms with Crippen molar-refractivity contribution in [3.63, 3.8) is 0 Å². The molecular weight excluding hydrogens is 160 g/mol. The van der Waals surface area contributed by atoms with Crippen LogP contribution in [0, 0.1) is 0 Å². The summed E-state index contributed by atoms with van der Waals surface area (Å²) in [5.41, 5.74) is 0. The van der Waals surface area contributed by atoms with Crippen LogP contribution >= 0.6 is 0 Å². The highest BCUT2D eigenvalue weighted by atomic mass is 16.5. The van der Waals surface area contributed by atoms with Gasteiger partial charge in [-0.3, -0.25) is 9.59 Å². The number of likely N-dealkylation sites (N-methyl/N-ethyl adjacent to an activating group) is 1. The summed E-state index contributed by atoms with van der Waals surface area (Å²) >= 11 is 0. The molecule has 0 aromatic heterocycles. The molecule has 0 aliphatic carbocycles. The number of hydrogen-bond acceptors (Lipinski definition) is 3. The van der Waals surface area contributed by atoms with Crippen LogP contribution in [0.3, 0.4) is 0 Å². The summed E-state index contributed by atoms with van der Waals surface area (Å²) in [5.74, 6) is -1.49. The summed E-state index contributed by atoms with van der Waals surface area (Å²) in [5, 5.41) is 0. The molecule has 68 valence electrons. The zero-order valence-electron chi connectivity index (χ0n) is 7.40. The number of amides is 2. The molecule has 2 amide bonds. The molecule has 0 atom stereocenters. The van der Waals surface area contributed by atoms with Crippen molar-refractivity contribution in [2.24, 2.45) is 4.99 Å². The van der Waals surface area contributed by atoms with E-state index in [1.54, 1.807) is 6.92 Å². The Hall–Kier alpha value is -1.39. The van der Waals surface area contributed by atoms with Crippen LogP contribution in [0.25, 0.3) is 0 Å². The second-order valence-electron chi connectivity index (χ2n) is 2.19. The molecule has 0 bridgehead atoms. The normalized spacial score (nSPS) is 9.92. The van der Waals surface area contributed by atoms with Crippen molar-refractivity contribution in [1.82, 2.24) is 4.90 Å². The molecule has 0 aromatic carbocycles. The highest BCUT2D eigenvalue weighted by Crippen LogP contribution is 1.82. The number of carbonyl (C=O) groups excluding carboxylic acids is 2. The number of aliphatic imine (C=N–C) groups is 1. The van der Waals surface area contributed by atoms with Crippen LogP contribution < -0.4 is 0 Å². The monoisotopic (exact) mass is 172 g/mol. The van der Waals surface area contributed by atoms with Gasteiger partial charge in [0.2, 0.25) is 0 Å². The Morgan fingerprint density at radius 2 is 2.08 bits per heavy atom. The van der Waals surface area contributed by atoms with E-state index in [1.165, 1.54) is 14.1 Å². The summed E-state index contributed by atoms with van der Waals surface area (Å²) in [6.07, 6.45) is 0.976. The molecule has 0 N–H and O–H groups in total. The van der Waals surface area contributed by atoms with Gasteiger partial charge in [-0.2, -0.15) is 4.99 Å². The summed E-state index contributed by atoms with van der Waals surface area (Å²) in [7, 11) is 2.97. The molecule has 0 heterocycles. The fourth-order valence-electron chi connectivity index (χ4n) is 0.406. The summed E-state index contributed by atoms with van der Waals surface area (Å²) in [6, 6.07) is 0. The van der Waals surface area contributed by atoms with Crippen molar-refractivity contribution >= 4 is 18.2 Å². The Balaban J connectivity index is 3.96. The lowest BCUT2D eigenvalue weighted by molar-refractivity contribution is -0.142. The van der Waals surface area contributed by atoms with Crippen molar-refractivity contribution in [1.29, 1.82) is 0 Å². The molecular formula is C7H12N2O3. The first kappa shape index (κ1) is 10.6. The molecule has 5 nitrogen and oxygen atoms in total. The molecule has 0 aliphatic heterocycles. The van der Waals surface area contributed by atoms with Crippen LogP contribution in [0.1, 0.15) is 6.92 Å². The lowest BCUT2D eigenvalue weighted by atomic mass is 10.5. The smallest absolute Gasteiger partial charge is 0.337 e. The minimum atomic E-state index is -0.826. The van der Waals surface area contributed by atoms with Crippen LogP contribution in [0.4, 0.5) is 0 Å². The van der Waals surface area contributed by atoms with Gasteiger partial charge in [0.25, 0.3) is 0 Å². The summed E-state index contributed by atoms with van der Waals surface area (Å²) in [4.78, 5) is 26.1. The second-order valence-corrected chi connectivity index (χ2v) is 2.19. The molecule has 0 spiro atoms. The first-order valence-electron chi connectivity index (χ1n) is 3.49. The second kappa shape index (κ2) is 5.29. The maximum absolute atomic E-state index is 10.8. The largest absolute Gasteiger partial charge is 0.483 e. The Bertz CT molecular complexity index is 199. The Kier molecular flexibility index (Phi) is 4.67. The van der Waals surface area contributed by atoms with E-state index in [-0.39, 0.29) is 0 Å². The zero-order valence-corrected chi connectivity index (χ0v) is 7.40. The molecule has 0 fully saturated rings. The number of carbonyl (C=O) groups is 2. The van der Waals surface area contributed by atoms with E-state index >= 15 is 0 Å². The summed E-state index contributed by atoms with van der Waals surface area (Å²) < 4.78 is 4.65. The van der Waals surface area contributed by atoms with Crippen LogP contribution in [0.2, 0.25) is 0 Å². The van der Waals surface area contributed by atoms with Crippen molar-refractivity contribution in [2.45, 2.75) is 6.92 Å². The molecule has 0 aromatic rings. The molecule has 0 aliphatic rings. The molecule has 12 heavy (non-hydrogen) atoms. The van der Waals surface area contributed by atoms with Gasteiger partial charge in [-0.15, -0.1) is 0 Å². The Labute approximate surface area is 71.0 Å². The van der Waals surface area contributed by atoms with Gasteiger partial charge in [0.15, 0.2) is 6.40 Å². The van der Waals surface area contributed by atoms with Crippen LogP contribution in [0.5, 0.6) is 0 Å². The van der Waals surface area contributed by atoms with Crippen LogP contribution in [0.15, 0.2) is 4.99 Å². The first-order valence-corrected chi connectivity index (χ1v) is 3.49. The fraction of sp³-hybridized carbons (Fsp3) is 0.571. The van der Waals surface area contributed by atoms with Gasteiger partial charge >= 0.3 is 11.8 Å². The van der Waals surface area contributed by atoms with Crippen molar-refractivity contribution < 1.29 is 14.3 Å². The zero-order chi connectivity index (χ0) is 9.56. The Morgan fingerprint density at radius 3 is 2.50 bits per heavy atom. The lowest BCUT2D eigenvalue weighted by Gasteiger charge is -2.04. The highest BCUT2D eigenvalue weighted by Gasteiger charge is 2.13. The van der Waals surface area contributed by atoms with E-state index in [9.17, 15) is 9.59 Å². The van der Waals surface area contributed by atoms with E-state index in [2.05, 4.69) is 9.73 Å². The molecule has 5 heteroatoms. The van der Waals surface area contributed by atoms with Crippen molar-refractivity contribution in [2.75, 3.05) is 20.7 Å². The van der Waals surface area contributed by atoms with E-state index in [4.69, 9.17) is 0 Å². The number of rotatable bonds is 2. The third-order valence-corrected chi connectivity index (χ3v) is 1.00. The average Bonchev–Trinajstić information content (AvgIpc) is 2.03. The van der Waals surface area contributed by atoms with Gasteiger partial charge in [0, 0.05) is 14.1 Å². The standard InChI is InChI=1S/C7H12N2O3/c1-4-12-5-8-6(10)7(11)9(2)3/h5H,4H2,1-3H3. The predicted molar refractivity (Wildman–Crippen MR) is 43.8 cm³/mol. The molecule has 0 unspecified atom stereocenters. The highest BCUT2D eigenvalue weighted by molar-refractivity contribution is 6.36. The van der Waals surface area contributed by atoms with Gasteiger partial charge in [0.05, 0.1) is 6.61 Å². The number of ether oxygens (including phenoxy) is 1. The summed E-state index contributed by atoms with van der Waals surface area (Å²) in [6.45, 7) is 2.18. The van der Waals surface area contributed by atoms with Gasteiger partial charge < -0.3 is 9.64 Å². The predicted octanol–water partition coefficient (Wildman–Crippen LogP) is -0.334. The van der Waals surface area contributed by atoms with Crippen LogP contribution in [-0.2, 0) is 14.3 Å². The quantitative estimate of drug-likeness (QED) is 0.325. The Morgan fingerprint density at radius 1 is 1.50 bits per heavy atom. The third-order valence-electron chi connectivity index (χ3n) is 1.00. The maximum atomic E-state index is 10.8. The van der Waals surface area contributed by atoms with E-state index in [0.717, 1.165) is 11.3 Å². The van der Waals surface area contributed by atoms with E-state index in [0.29, 0.717) is 6.61 Å². The van der Waals surface area contributed by atoms with Gasteiger partial charge in [0.1, 0.15) is 0 Å². The average molecular weight is 172 g/mol. The van der Waals surface area contributed by atoms with Gasteiger partial charge in [-0.1, -0.05) is 0 Å². The number of hydrogen-bond donors (Lipinski definition) is 0. The third kappa shape index (κ3) is 3.70. The SMILES string of the molecule is CCOC=NC(=O)C(=O)N(C)C. The topological polar surface area (TPSA) is 59.0 Å². The molecule has 0 saturated carbocycles. The minimum absolute atomic E-state index is 0.424. The first-order chi connectivity index (χ1) is 5.59. The molecule has 0 saturated heterocycles. The lowest BCUT2D eigenvalue weighted by Crippen LogP contribution is -2.28. The number of nitrogens with zero attached hydrogens (tertiary/aromatic N) is 2. The maximum Gasteiger partial charge on any atom is 0.337 e. The van der Waals surface area contributed by atoms with Crippen molar-refractivity contribution in [3.05, 3.63) is 0 Å². The minimum Gasteiger partial charge on any atom is -0.483 e.